The third kappa shape index (κ3) is 3.16. The lowest BCUT2D eigenvalue weighted by molar-refractivity contribution is -0.137. The lowest BCUT2D eigenvalue weighted by Crippen LogP contribution is -2.31. The SMILES string of the molecule is Cc1ccc(S(=O)C(C(=O)O)C(C)C)c(C)c1. The van der Waals surface area contributed by atoms with Crippen molar-refractivity contribution in [1.82, 2.24) is 0 Å². The fraction of sp³-hybridized carbons (Fsp3) is 0.462. The number of hydrogen-bond acceptors (Lipinski definition) is 2. The summed E-state index contributed by atoms with van der Waals surface area (Å²) in [5.74, 6) is -1.16. The van der Waals surface area contributed by atoms with Crippen molar-refractivity contribution in [1.29, 1.82) is 0 Å². The predicted molar refractivity (Wildman–Crippen MR) is 68.6 cm³/mol. The van der Waals surface area contributed by atoms with Crippen molar-refractivity contribution in [2.45, 2.75) is 37.8 Å². The van der Waals surface area contributed by atoms with Gasteiger partial charge in [0.05, 0.1) is 10.8 Å². The zero-order valence-electron chi connectivity index (χ0n) is 10.6. The van der Waals surface area contributed by atoms with Crippen LogP contribution in [-0.2, 0) is 15.6 Å². The van der Waals surface area contributed by atoms with Gasteiger partial charge in [-0.15, -0.1) is 0 Å². The second-order valence-corrected chi connectivity index (χ2v) is 6.11. The molecular weight excluding hydrogens is 236 g/mol. The summed E-state index contributed by atoms with van der Waals surface area (Å²) in [5, 5.41) is 8.28. The Hall–Kier alpha value is -1.16. The van der Waals surface area contributed by atoms with E-state index < -0.39 is 22.0 Å². The van der Waals surface area contributed by atoms with Gasteiger partial charge in [0.1, 0.15) is 5.25 Å². The Morgan fingerprint density at radius 1 is 1.29 bits per heavy atom. The van der Waals surface area contributed by atoms with Crippen molar-refractivity contribution in [2.24, 2.45) is 5.92 Å². The summed E-state index contributed by atoms with van der Waals surface area (Å²) in [6.07, 6.45) is 0. The Labute approximate surface area is 104 Å². The van der Waals surface area contributed by atoms with Crippen LogP contribution >= 0.6 is 0 Å². The molecule has 0 radical (unpaired) electrons. The topological polar surface area (TPSA) is 54.4 Å². The average Bonchev–Trinajstić information content (AvgIpc) is 2.15. The molecule has 0 fully saturated rings. The number of benzene rings is 1. The summed E-state index contributed by atoms with van der Waals surface area (Å²) in [6, 6.07) is 5.55. The molecular formula is C13H18O3S. The van der Waals surface area contributed by atoms with Crippen molar-refractivity contribution in [2.75, 3.05) is 0 Å². The molecule has 17 heavy (non-hydrogen) atoms. The van der Waals surface area contributed by atoms with Gasteiger partial charge in [0.2, 0.25) is 0 Å². The Balaban J connectivity index is 3.14. The van der Waals surface area contributed by atoms with Crippen LogP contribution in [0.2, 0.25) is 0 Å². The summed E-state index contributed by atoms with van der Waals surface area (Å²) in [7, 11) is -1.50. The van der Waals surface area contributed by atoms with Gasteiger partial charge in [-0.3, -0.25) is 9.00 Å². The monoisotopic (exact) mass is 254 g/mol. The molecule has 2 atom stereocenters. The number of aryl methyl sites for hydroxylation is 2. The Morgan fingerprint density at radius 2 is 1.88 bits per heavy atom. The minimum Gasteiger partial charge on any atom is -0.480 e. The van der Waals surface area contributed by atoms with Gasteiger partial charge >= 0.3 is 5.97 Å². The summed E-state index contributed by atoms with van der Waals surface area (Å²) in [5.41, 5.74) is 1.97. The summed E-state index contributed by atoms with van der Waals surface area (Å²) in [4.78, 5) is 11.8. The molecule has 1 N–H and O–H groups in total. The van der Waals surface area contributed by atoms with E-state index in [9.17, 15) is 9.00 Å². The van der Waals surface area contributed by atoms with E-state index in [4.69, 9.17) is 5.11 Å². The zero-order valence-corrected chi connectivity index (χ0v) is 11.4. The first-order valence-corrected chi connectivity index (χ1v) is 6.76. The molecule has 2 unspecified atom stereocenters. The van der Waals surface area contributed by atoms with Crippen molar-refractivity contribution in [3.63, 3.8) is 0 Å². The molecule has 0 aliphatic rings. The van der Waals surface area contributed by atoms with Gasteiger partial charge in [0.15, 0.2) is 0 Å². The minimum absolute atomic E-state index is 0.158. The third-order valence-corrected chi connectivity index (χ3v) is 4.73. The first kappa shape index (κ1) is 13.9. The molecule has 0 aromatic heterocycles. The van der Waals surface area contributed by atoms with E-state index >= 15 is 0 Å². The van der Waals surface area contributed by atoms with E-state index in [1.165, 1.54) is 0 Å². The number of hydrogen-bond donors (Lipinski definition) is 1. The molecule has 1 aromatic carbocycles. The third-order valence-electron chi connectivity index (χ3n) is 2.63. The van der Waals surface area contributed by atoms with Crippen molar-refractivity contribution in [3.8, 4) is 0 Å². The van der Waals surface area contributed by atoms with Crippen molar-refractivity contribution in [3.05, 3.63) is 29.3 Å². The van der Waals surface area contributed by atoms with Crippen molar-refractivity contribution >= 4 is 16.8 Å². The lowest BCUT2D eigenvalue weighted by atomic mass is 10.1. The standard InChI is InChI=1S/C13H18O3S/c1-8(2)12(13(14)15)17(16)11-6-5-9(3)7-10(11)4/h5-8,12H,1-4H3,(H,14,15). The maximum absolute atomic E-state index is 12.3. The molecule has 4 heteroatoms. The van der Waals surface area contributed by atoms with Gasteiger partial charge in [-0.25, -0.2) is 0 Å². The average molecular weight is 254 g/mol. The largest absolute Gasteiger partial charge is 0.480 e. The first-order chi connectivity index (χ1) is 7.84. The normalized spacial score (nSPS) is 14.6. The van der Waals surface area contributed by atoms with E-state index in [2.05, 4.69) is 0 Å². The van der Waals surface area contributed by atoms with Gasteiger partial charge in [0, 0.05) is 4.90 Å². The van der Waals surface area contributed by atoms with E-state index in [-0.39, 0.29) is 5.92 Å². The fourth-order valence-electron chi connectivity index (χ4n) is 1.79. The van der Waals surface area contributed by atoms with Gasteiger partial charge in [0.25, 0.3) is 0 Å². The van der Waals surface area contributed by atoms with Crippen LogP contribution in [0.3, 0.4) is 0 Å². The van der Waals surface area contributed by atoms with Gasteiger partial charge in [-0.05, 0) is 31.4 Å². The lowest BCUT2D eigenvalue weighted by Gasteiger charge is -2.17. The maximum atomic E-state index is 12.3. The summed E-state index contributed by atoms with van der Waals surface area (Å²) >= 11 is 0. The second-order valence-electron chi connectivity index (χ2n) is 4.57. The number of carboxylic acids is 1. The molecule has 1 aromatic rings. The number of carbonyl (C=O) groups is 1. The highest BCUT2D eigenvalue weighted by Crippen LogP contribution is 2.21. The Bertz CT molecular complexity index is 452. The predicted octanol–water partition coefficient (Wildman–Crippen LogP) is 2.52. The molecule has 0 spiro atoms. The van der Waals surface area contributed by atoms with Crippen LogP contribution in [0.25, 0.3) is 0 Å². The molecule has 0 saturated heterocycles. The molecule has 3 nitrogen and oxygen atoms in total. The Morgan fingerprint density at radius 3 is 2.29 bits per heavy atom. The van der Waals surface area contributed by atoms with Crippen molar-refractivity contribution < 1.29 is 14.1 Å². The maximum Gasteiger partial charge on any atom is 0.319 e. The van der Waals surface area contributed by atoms with Crippen LogP contribution in [-0.4, -0.2) is 20.5 Å². The number of rotatable bonds is 4. The summed E-state index contributed by atoms with van der Waals surface area (Å²) < 4.78 is 12.3. The smallest absolute Gasteiger partial charge is 0.319 e. The highest BCUT2D eigenvalue weighted by Gasteiger charge is 2.29. The summed E-state index contributed by atoms with van der Waals surface area (Å²) in [6.45, 7) is 7.37. The van der Waals surface area contributed by atoms with Gasteiger partial charge < -0.3 is 5.11 Å². The van der Waals surface area contributed by atoms with Gasteiger partial charge in [-0.1, -0.05) is 31.5 Å². The van der Waals surface area contributed by atoms with E-state index in [1.54, 1.807) is 19.9 Å². The molecule has 0 saturated carbocycles. The molecule has 0 heterocycles. The van der Waals surface area contributed by atoms with Gasteiger partial charge in [-0.2, -0.15) is 0 Å². The Kier molecular flexibility index (Phi) is 4.46. The quantitative estimate of drug-likeness (QED) is 0.898. The van der Waals surface area contributed by atoms with Crippen LogP contribution in [0, 0.1) is 19.8 Å². The fourth-order valence-corrected chi connectivity index (χ4v) is 3.32. The molecule has 94 valence electrons. The molecule has 0 aliphatic heterocycles. The number of carboxylic acid groups (broad SMARTS) is 1. The van der Waals surface area contributed by atoms with Crippen LogP contribution < -0.4 is 0 Å². The van der Waals surface area contributed by atoms with Crippen LogP contribution in [0.15, 0.2) is 23.1 Å². The van der Waals surface area contributed by atoms with E-state index in [1.807, 2.05) is 26.0 Å². The molecule has 0 amide bonds. The second kappa shape index (κ2) is 5.45. The van der Waals surface area contributed by atoms with Crippen LogP contribution in [0.5, 0.6) is 0 Å². The molecule has 0 aliphatic carbocycles. The van der Waals surface area contributed by atoms with Crippen LogP contribution in [0.1, 0.15) is 25.0 Å². The van der Waals surface area contributed by atoms with E-state index in [0.29, 0.717) is 4.90 Å². The molecule has 1 rings (SSSR count). The van der Waals surface area contributed by atoms with Crippen LogP contribution in [0.4, 0.5) is 0 Å². The highest BCUT2D eigenvalue weighted by molar-refractivity contribution is 7.86. The minimum atomic E-state index is -1.50. The highest BCUT2D eigenvalue weighted by atomic mass is 32.2. The molecule has 0 bridgehead atoms. The first-order valence-electron chi connectivity index (χ1n) is 5.55. The number of aliphatic carboxylic acids is 1. The van der Waals surface area contributed by atoms with E-state index in [0.717, 1.165) is 11.1 Å². The zero-order chi connectivity index (χ0) is 13.2.